The van der Waals surface area contributed by atoms with Crippen LogP contribution in [0.3, 0.4) is 0 Å². The zero-order valence-electron chi connectivity index (χ0n) is 12.9. The van der Waals surface area contributed by atoms with E-state index in [0.29, 0.717) is 12.6 Å². The van der Waals surface area contributed by atoms with Gasteiger partial charge in [-0.3, -0.25) is 0 Å². The molecular formula is C17H27FN2O. The van der Waals surface area contributed by atoms with Gasteiger partial charge in [0.1, 0.15) is 5.82 Å². The molecule has 3 nitrogen and oxygen atoms in total. The van der Waals surface area contributed by atoms with Gasteiger partial charge < -0.3 is 15.3 Å². The molecule has 0 aliphatic carbocycles. The van der Waals surface area contributed by atoms with E-state index in [1.165, 1.54) is 12.8 Å². The number of aliphatic hydroxyl groups excluding tert-OH is 1. The molecule has 1 atom stereocenters. The summed E-state index contributed by atoms with van der Waals surface area (Å²) in [7, 11) is 0. The van der Waals surface area contributed by atoms with Crippen molar-refractivity contribution >= 4 is 5.69 Å². The van der Waals surface area contributed by atoms with Crippen LogP contribution in [0.1, 0.15) is 44.6 Å². The Balaban J connectivity index is 2.13. The Morgan fingerprint density at radius 2 is 2.29 bits per heavy atom. The van der Waals surface area contributed by atoms with E-state index < -0.39 is 0 Å². The minimum atomic E-state index is -0.168. The van der Waals surface area contributed by atoms with Gasteiger partial charge in [0.15, 0.2) is 0 Å². The van der Waals surface area contributed by atoms with Gasteiger partial charge in [-0.1, -0.05) is 6.92 Å². The second-order valence-electron chi connectivity index (χ2n) is 5.81. The first kappa shape index (κ1) is 16.2. The molecule has 0 bridgehead atoms. The molecule has 1 aromatic rings. The molecule has 2 N–H and O–H groups in total. The lowest BCUT2D eigenvalue weighted by Crippen LogP contribution is -2.31. The summed E-state index contributed by atoms with van der Waals surface area (Å²) in [4.78, 5) is 2.40. The van der Waals surface area contributed by atoms with Crippen molar-refractivity contribution in [3.05, 3.63) is 29.6 Å². The fourth-order valence-electron chi connectivity index (χ4n) is 3.16. The van der Waals surface area contributed by atoms with Gasteiger partial charge in [-0.15, -0.1) is 0 Å². The third kappa shape index (κ3) is 4.42. The lowest BCUT2D eigenvalue weighted by atomic mass is 10.1. The predicted octanol–water partition coefficient (Wildman–Crippen LogP) is 3.07. The van der Waals surface area contributed by atoms with Gasteiger partial charge in [-0.25, -0.2) is 4.39 Å². The SMILES string of the molecule is CCCNCc1cc(F)ccc1N1CCCC1CCCO. The van der Waals surface area contributed by atoms with Crippen molar-refractivity contribution < 1.29 is 9.50 Å². The summed E-state index contributed by atoms with van der Waals surface area (Å²) in [6.45, 7) is 5.07. The van der Waals surface area contributed by atoms with Crippen LogP contribution >= 0.6 is 0 Å². The summed E-state index contributed by atoms with van der Waals surface area (Å²) in [5.74, 6) is -0.168. The lowest BCUT2D eigenvalue weighted by Gasteiger charge is -2.29. The van der Waals surface area contributed by atoms with Crippen LogP contribution in [0, 0.1) is 5.82 Å². The monoisotopic (exact) mass is 294 g/mol. The Labute approximate surface area is 127 Å². The maximum Gasteiger partial charge on any atom is 0.123 e. The van der Waals surface area contributed by atoms with Crippen LogP contribution in [0.5, 0.6) is 0 Å². The van der Waals surface area contributed by atoms with E-state index in [9.17, 15) is 4.39 Å². The molecule has 118 valence electrons. The molecule has 0 aromatic heterocycles. The van der Waals surface area contributed by atoms with Crippen molar-refractivity contribution in [2.75, 3.05) is 24.6 Å². The maximum atomic E-state index is 13.6. The van der Waals surface area contributed by atoms with Crippen molar-refractivity contribution in [1.29, 1.82) is 0 Å². The Morgan fingerprint density at radius 3 is 3.05 bits per heavy atom. The number of hydrogen-bond donors (Lipinski definition) is 2. The van der Waals surface area contributed by atoms with Crippen molar-refractivity contribution in [2.24, 2.45) is 0 Å². The molecule has 0 amide bonds. The van der Waals surface area contributed by atoms with Gasteiger partial charge in [0.05, 0.1) is 0 Å². The van der Waals surface area contributed by atoms with Crippen LogP contribution in [0.2, 0.25) is 0 Å². The Bertz CT molecular complexity index is 439. The van der Waals surface area contributed by atoms with Gasteiger partial charge in [0.2, 0.25) is 0 Å². The summed E-state index contributed by atoms with van der Waals surface area (Å²) in [5.41, 5.74) is 2.19. The molecular weight excluding hydrogens is 267 g/mol. The van der Waals surface area contributed by atoms with Gasteiger partial charge in [0.25, 0.3) is 0 Å². The average Bonchev–Trinajstić information content (AvgIpc) is 2.94. The normalized spacial score (nSPS) is 18.4. The van der Waals surface area contributed by atoms with Crippen LogP contribution in [-0.2, 0) is 6.54 Å². The zero-order valence-corrected chi connectivity index (χ0v) is 12.9. The van der Waals surface area contributed by atoms with E-state index in [4.69, 9.17) is 5.11 Å². The second-order valence-corrected chi connectivity index (χ2v) is 5.81. The van der Waals surface area contributed by atoms with Crippen LogP contribution < -0.4 is 10.2 Å². The summed E-state index contributed by atoms with van der Waals surface area (Å²) in [6.07, 6.45) is 5.27. The first-order valence-electron chi connectivity index (χ1n) is 8.13. The highest BCUT2D eigenvalue weighted by atomic mass is 19.1. The highest BCUT2D eigenvalue weighted by molar-refractivity contribution is 5.55. The summed E-state index contributed by atoms with van der Waals surface area (Å²) in [6, 6.07) is 5.60. The van der Waals surface area contributed by atoms with E-state index >= 15 is 0 Å². The molecule has 1 unspecified atom stereocenters. The highest BCUT2D eigenvalue weighted by Crippen LogP contribution is 2.31. The highest BCUT2D eigenvalue weighted by Gasteiger charge is 2.25. The van der Waals surface area contributed by atoms with Crippen LogP contribution in [0.25, 0.3) is 0 Å². The van der Waals surface area contributed by atoms with Crippen LogP contribution in [0.15, 0.2) is 18.2 Å². The molecule has 1 fully saturated rings. The van der Waals surface area contributed by atoms with E-state index in [2.05, 4.69) is 17.1 Å². The van der Waals surface area contributed by atoms with Gasteiger partial charge in [0, 0.05) is 31.4 Å². The summed E-state index contributed by atoms with van der Waals surface area (Å²) >= 11 is 0. The number of nitrogens with zero attached hydrogens (tertiary/aromatic N) is 1. The van der Waals surface area contributed by atoms with Crippen LogP contribution in [-0.4, -0.2) is 30.8 Å². The fraction of sp³-hybridized carbons (Fsp3) is 0.647. The smallest absolute Gasteiger partial charge is 0.123 e. The summed E-state index contributed by atoms with van der Waals surface area (Å²) in [5, 5.41) is 12.4. The molecule has 2 rings (SSSR count). The number of anilines is 1. The molecule has 1 aromatic carbocycles. The average molecular weight is 294 g/mol. The number of halogens is 1. The van der Waals surface area contributed by atoms with Crippen molar-refractivity contribution in [2.45, 2.75) is 51.6 Å². The van der Waals surface area contributed by atoms with Gasteiger partial charge in [-0.05, 0) is 62.4 Å². The van der Waals surface area contributed by atoms with E-state index in [0.717, 1.165) is 43.6 Å². The summed E-state index contributed by atoms with van der Waals surface area (Å²) < 4.78 is 13.6. The first-order chi connectivity index (χ1) is 10.3. The molecule has 0 spiro atoms. The van der Waals surface area contributed by atoms with Crippen molar-refractivity contribution in [3.8, 4) is 0 Å². The number of rotatable bonds is 8. The third-order valence-electron chi connectivity index (χ3n) is 4.17. The Kier molecular flexibility index (Phi) is 6.46. The van der Waals surface area contributed by atoms with E-state index in [1.54, 1.807) is 12.1 Å². The number of hydrogen-bond acceptors (Lipinski definition) is 3. The molecule has 1 saturated heterocycles. The molecule has 4 heteroatoms. The zero-order chi connectivity index (χ0) is 15.1. The third-order valence-corrected chi connectivity index (χ3v) is 4.17. The number of aliphatic hydroxyl groups is 1. The maximum absolute atomic E-state index is 13.6. The largest absolute Gasteiger partial charge is 0.396 e. The first-order valence-corrected chi connectivity index (χ1v) is 8.13. The molecule has 0 saturated carbocycles. The molecule has 1 aliphatic heterocycles. The van der Waals surface area contributed by atoms with Crippen molar-refractivity contribution in [3.63, 3.8) is 0 Å². The van der Waals surface area contributed by atoms with Crippen LogP contribution in [0.4, 0.5) is 10.1 Å². The topological polar surface area (TPSA) is 35.5 Å². The minimum absolute atomic E-state index is 0.168. The standard InChI is InChI=1S/C17H27FN2O/c1-2-9-19-13-14-12-15(18)7-8-17(14)20-10-3-5-16(20)6-4-11-21/h7-8,12,16,19,21H,2-6,9-11,13H2,1H3. The number of nitrogens with one attached hydrogen (secondary N) is 1. The fourth-order valence-corrected chi connectivity index (χ4v) is 3.16. The number of benzene rings is 1. The molecule has 1 heterocycles. The Hall–Kier alpha value is -1.13. The predicted molar refractivity (Wildman–Crippen MR) is 85.1 cm³/mol. The second kappa shape index (κ2) is 8.35. The van der Waals surface area contributed by atoms with E-state index in [1.807, 2.05) is 6.07 Å². The lowest BCUT2D eigenvalue weighted by molar-refractivity contribution is 0.279. The molecule has 1 aliphatic rings. The quantitative estimate of drug-likeness (QED) is 0.723. The van der Waals surface area contributed by atoms with Gasteiger partial charge in [-0.2, -0.15) is 0 Å². The van der Waals surface area contributed by atoms with Gasteiger partial charge >= 0.3 is 0 Å². The van der Waals surface area contributed by atoms with Crippen molar-refractivity contribution in [1.82, 2.24) is 5.32 Å². The molecule has 21 heavy (non-hydrogen) atoms. The Morgan fingerprint density at radius 1 is 1.43 bits per heavy atom. The van der Waals surface area contributed by atoms with E-state index in [-0.39, 0.29) is 12.4 Å². The molecule has 0 radical (unpaired) electrons. The minimum Gasteiger partial charge on any atom is -0.396 e.